The van der Waals surface area contributed by atoms with Crippen LogP contribution in [-0.4, -0.2) is 42.0 Å². The Morgan fingerprint density at radius 3 is 2.44 bits per heavy atom. The molecular weight excluding hydrogens is 520 g/mol. The lowest BCUT2D eigenvalue weighted by Gasteiger charge is -2.34. The number of ether oxygens (including phenoxy) is 1. The lowest BCUT2D eigenvalue weighted by atomic mass is 10.0. The standard InChI is InChI=1S/C28H27BrN4O3/c29-20-10-12-21(13-11-20)31-28(35)27(33-16-23-15-22(33)17-36-23)19-8-5-18(6-9-19)7-14-26(34)32-25-4-2-1-3-24(25)30/h1-14,22-23,27H,15-17,30H2,(H,31,35)(H,32,34)/t22?,23-,27?/m0/s1. The minimum atomic E-state index is -0.435. The first kappa shape index (κ1) is 24.2. The largest absolute Gasteiger partial charge is 0.397 e. The van der Waals surface area contributed by atoms with E-state index in [1.807, 2.05) is 60.7 Å². The molecule has 3 aromatic carbocycles. The zero-order valence-corrected chi connectivity index (χ0v) is 21.1. The number of benzene rings is 3. The topological polar surface area (TPSA) is 96.7 Å². The van der Waals surface area contributed by atoms with Gasteiger partial charge in [0.1, 0.15) is 6.04 Å². The van der Waals surface area contributed by atoms with Crippen LogP contribution in [0.1, 0.15) is 23.6 Å². The van der Waals surface area contributed by atoms with E-state index in [2.05, 4.69) is 31.5 Å². The number of nitrogens with one attached hydrogen (secondary N) is 2. The SMILES string of the molecule is Nc1ccccc1NC(=O)C=Cc1ccc(C(C(=O)Nc2ccc(Br)cc2)N2C[C@@H]3CC2CO3)cc1. The molecule has 7 nitrogen and oxygen atoms in total. The molecule has 2 saturated heterocycles. The summed E-state index contributed by atoms with van der Waals surface area (Å²) in [7, 11) is 0. The van der Waals surface area contributed by atoms with Crippen LogP contribution in [0, 0.1) is 0 Å². The molecule has 0 spiro atoms. The minimum absolute atomic E-state index is 0.0759. The smallest absolute Gasteiger partial charge is 0.248 e. The van der Waals surface area contributed by atoms with E-state index in [1.165, 1.54) is 6.08 Å². The molecule has 184 valence electrons. The lowest BCUT2D eigenvalue weighted by molar-refractivity contribution is -0.123. The van der Waals surface area contributed by atoms with E-state index < -0.39 is 6.04 Å². The Bertz CT molecular complexity index is 1280. The van der Waals surface area contributed by atoms with Gasteiger partial charge < -0.3 is 21.1 Å². The van der Waals surface area contributed by atoms with Crippen molar-refractivity contribution < 1.29 is 14.3 Å². The van der Waals surface area contributed by atoms with Crippen LogP contribution in [0.4, 0.5) is 17.1 Å². The number of halogens is 1. The molecule has 5 rings (SSSR count). The average molecular weight is 547 g/mol. The highest BCUT2D eigenvalue weighted by Crippen LogP contribution is 2.36. The molecule has 4 N–H and O–H groups in total. The average Bonchev–Trinajstić information content (AvgIpc) is 3.50. The molecule has 2 unspecified atom stereocenters. The van der Waals surface area contributed by atoms with E-state index >= 15 is 0 Å². The lowest BCUT2D eigenvalue weighted by Crippen LogP contribution is -2.44. The molecule has 3 aromatic rings. The fraction of sp³-hybridized carbons (Fsp3) is 0.214. The molecule has 2 fully saturated rings. The van der Waals surface area contributed by atoms with Crippen LogP contribution in [0.3, 0.4) is 0 Å². The van der Waals surface area contributed by atoms with Crippen molar-refractivity contribution in [2.24, 2.45) is 0 Å². The summed E-state index contributed by atoms with van der Waals surface area (Å²) < 4.78 is 6.72. The quantitative estimate of drug-likeness (QED) is 0.291. The number of likely N-dealkylation sites (tertiary alicyclic amines) is 1. The van der Waals surface area contributed by atoms with Crippen molar-refractivity contribution in [3.63, 3.8) is 0 Å². The van der Waals surface area contributed by atoms with Crippen LogP contribution < -0.4 is 16.4 Å². The first-order valence-corrected chi connectivity index (χ1v) is 12.6. The third kappa shape index (κ3) is 5.51. The molecule has 3 atom stereocenters. The molecule has 2 aliphatic heterocycles. The summed E-state index contributed by atoms with van der Waals surface area (Å²) in [4.78, 5) is 28.0. The van der Waals surface area contributed by atoms with Gasteiger partial charge in [-0.15, -0.1) is 0 Å². The van der Waals surface area contributed by atoms with Crippen molar-refractivity contribution in [2.75, 3.05) is 29.5 Å². The maximum atomic E-state index is 13.5. The number of carbonyl (C=O) groups excluding carboxylic acids is 2. The van der Waals surface area contributed by atoms with Gasteiger partial charge in [-0.3, -0.25) is 14.5 Å². The molecule has 8 heteroatoms. The van der Waals surface area contributed by atoms with Gasteiger partial charge in [-0.2, -0.15) is 0 Å². The third-order valence-corrected chi connectivity index (χ3v) is 7.06. The van der Waals surface area contributed by atoms with Gasteiger partial charge in [0.25, 0.3) is 0 Å². The molecule has 0 aliphatic carbocycles. The van der Waals surface area contributed by atoms with Crippen LogP contribution in [0.15, 0.2) is 83.3 Å². The Labute approximate surface area is 218 Å². The Hall–Kier alpha value is -3.46. The Balaban J connectivity index is 1.31. The van der Waals surface area contributed by atoms with Crippen molar-refractivity contribution in [1.82, 2.24) is 4.90 Å². The van der Waals surface area contributed by atoms with Gasteiger partial charge in [-0.25, -0.2) is 0 Å². The number of anilines is 3. The summed E-state index contributed by atoms with van der Waals surface area (Å²) in [5, 5.41) is 5.85. The summed E-state index contributed by atoms with van der Waals surface area (Å²) in [6.45, 7) is 1.38. The number of para-hydroxylation sites is 2. The molecule has 0 aromatic heterocycles. The summed E-state index contributed by atoms with van der Waals surface area (Å²) in [6, 6.07) is 22.2. The Morgan fingerprint density at radius 1 is 1.03 bits per heavy atom. The van der Waals surface area contributed by atoms with Gasteiger partial charge in [-0.1, -0.05) is 52.3 Å². The first-order valence-electron chi connectivity index (χ1n) is 11.8. The maximum Gasteiger partial charge on any atom is 0.248 e. The highest BCUT2D eigenvalue weighted by Gasteiger charge is 2.44. The number of hydrogen-bond donors (Lipinski definition) is 3. The second-order valence-electron chi connectivity index (χ2n) is 9.02. The molecule has 2 amide bonds. The van der Waals surface area contributed by atoms with Crippen LogP contribution in [-0.2, 0) is 14.3 Å². The number of morpholine rings is 1. The number of amides is 2. The van der Waals surface area contributed by atoms with Crippen LogP contribution in [0.25, 0.3) is 6.08 Å². The number of nitrogens with two attached hydrogens (primary N) is 1. The fourth-order valence-corrected chi connectivity index (χ4v) is 4.99. The molecule has 0 radical (unpaired) electrons. The minimum Gasteiger partial charge on any atom is -0.397 e. The zero-order valence-electron chi connectivity index (χ0n) is 19.6. The van der Waals surface area contributed by atoms with E-state index in [1.54, 1.807) is 18.2 Å². The molecule has 2 aliphatic rings. The molecular formula is C28H27BrN4O3. The van der Waals surface area contributed by atoms with E-state index in [0.717, 1.165) is 34.3 Å². The van der Waals surface area contributed by atoms with Crippen molar-refractivity contribution in [3.8, 4) is 0 Å². The number of nitrogens with zero attached hydrogens (tertiary/aromatic N) is 1. The van der Waals surface area contributed by atoms with Crippen molar-refractivity contribution in [3.05, 3.63) is 94.5 Å². The van der Waals surface area contributed by atoms with Gasteiger partial charge in [0, 0.05) is 28.8 Å². The van der Waals surface area contributed by atoms with Crippen molar-refractivity contribution in [1.29, 1.82) is 0 Å². The van der Waals surface area contributed by atoms with Gasteiger partial charge >= 0.3 is 0 Å². The van der Waals surface area contributed by atoms with Crippen LogP contribution in [0.2, 0.25) is 0 Å². The first-order chi connectivity index (χ1) is 17.5. The van der Waals surface area contributed by atoms with E-state index in [4.69, 9.17) is 10.5 Å². The third-order valence-electron chi connectivity index (χ3n) is 6.53. The maximum absolute atomic E-state index is 13.5. The van der Waals surface area contributed by atoms with Crippen LogP contribution >= 0.6 is 15.9 Å². The van der Waals surface area contributed by atoms with Crippen molar-refractivity contribution in [2.45, 2.75) is 24.6 Å². The van der Waals surface area contributed by atoms with Gasteiger partial charge in [0.05, 0.1) is 24.1 Å². The molecule has 0 saturated carbocycles. The second kappa shape index (κ2) is 10.7. The van der Waals surface area contributed by atoms with Gasteiger partial charge in [0.2, 0.25) is 11.8 Å². The normalized spacial score (nSPS) is 19.9. The summed E-state index contributed by atoms with van der Waals surface area (Å²) in [5.41, 5.74) is 9.48. The highest BCUT2D eigenvalue weighted by atomic mass is 79.9. The Kier molecular flexibility index (Phi) is 7.18. The van der Waals surface area contributed by atoms with E-state index in [0.29, 0.717) is 18.0 Å². The van der Waals surface area contributed by atoms with Crippen molar-refractivity contribution >= 4 is 50.9 Å². The molecule has 2 heterocycles. The predicted octanol–water partition coefficient (Wildman–Crippen LogP) is 4.84. The summed E-state index contributed by atoms with van der Waals surface area (Å²) >= 11 is 3.43. The Morgan fingerprint density at radius 2 is 1.78 bits per heavy atom. The van der Waals surface area contributed by atoms with Gasteiger partial charge in [0.15, 0.2) is 0 Å². The summed E-state index contributed by atoms with van der Waals surface area (Å²) in [6.07, 6.45) is 4.33. The monoisotopic (exact) mass is 546 g/mol. The van der Waals surface area contributed by atoms with E-state index in [-0.39, 0.29) is 24.0 Å². The number of fused-ring (bicyclic) bond motifs is 2. The number of hydrogen-bond acceptors (Lipinski definition) is 5. The van der Waals surface area contributed by atoms with Crippen LogP contribution in [0.5, 0.6) is 0 Å². The highest BCUT2D eigenvalue weighted by molar-refractivity contribution is 9.10. The number of rotatable bonds is 7. The fourth-order valence-electron chi connectivity index (χ4n) is 4.73. The molecule has 2 bridgehead atoms. The number of carbonyl (C=O) groups is 2. The van der Waals surface area contributed by atoms with Gasteiger partial charge in [-0.05, 0) is 60.0 Å². The second-order valence-corrected chi connectivity index (χ2v) is 9.93. The molecule has 36 heavy (non-hydrogen) atoms. The zero-order chi connectivity index (χ0) is 25.1. The summed E-state index contributed by atoms with van der Waals surface area (Å²) in [5.74, 6) is -0.343. The predicted molar refractivity (Wildman–Crippen MR) is 145 cm³/mol. The van der Waals surface area contributed by atoms with E-state index in [9.17, 15) is 9.59 Å². The number of nitrogen functional groups attached to an aromatic ring is 1.